The van der Waals surface area contributed by atoms with Gasteiger partial charge in [0, 0.05) is 30.6 Å². The number of carbonyl (C=O) groups is 2. The van der Waals surface area contributed by atoms with E-state index in [0.29, 0.717) is 24.4 Å². The van der Waals surface area contributed by atoms with E-state index in [4.69, 9.17) is 4.74 Å². The van der Waals surface area contributed by atoms with Gasteiger partial charge in [0.25, 0.3) is 5.91 Å². The molecular weight excluding hydrogens is 364 g/mol. The quantitative estimate of drug-likeness (QED) is 0.809. The van der Waals surface area contributed by atoms with Gasteiger partial charge < -0.3 is 15.0 Å². The Morgan fingerprint density at radius 3 is 2.41 bits per heavy atom. The molecule has 0 radical (unpaired) electrons. The number of likely N-dealkylation sites (tertiary alicyclic amines) is 1. The Morgan fingerprint density at radius 2 is 1.79 bits per heavy atom. The zero-order valence-electron chi connectivity index (χ0n) is 17.4. The maximum Gasteiger partial charge on any atom is 0.253 e. The van der Waals surface area contributed by atoms with Crippen LogP contribution in [0.3, 0.4) is 0 Å². The average molecular weight is 395 g/mol. The van der Waals surface area contributed by atoms with Gasteiger partial charge in [0.2, 0.25) is 5.91 Å². The van der Waals surface area contributed by atoms with Crippen molar-refractivity contribution in [3.63, 3.8) is 0 Å². The van der Waals surface area contributed by atoms with E-state index in [1.54, 1.807) is 31.4 Å². The van der Waals surface area contributed by atoms with Gasteiger partial charge in [0.1, 0.15) is 5.75 Å². The third-order valence-electron chi connectivity index (χ3n) is 5.72. The van der Waals surface area contributed by atoms with Crippen LogP contribution in [0, 0.1) is 5.92 Å². The van der Waals surface area contributed by atoms with Crippen LogP contribution in [-0.2, 0) is 4.79 Å². The summed E-state index contributed by atoms with van der Waals surface area (Å²) >= 11 is 0. The first-order chi connectivity index (χ1) is 14.0. The molecule has 5 nitrogen and oxygen atoms in total. The Hall–Kier alpha value is -2.82. The molecule has 0 spiro atoms. The first kappa shape index (κ1) is 20.9. The highest BCUT2D eigenvalue weighted by Crippen LogP contribution is 2.31. The van der Waals surface area contributed by atoms with E-state index in [1.165, 1.54) is 5.56 Å². The van der Waals surface area contributed by atoms with Crippen LogP contribution in [-0.4, -0.2) is 43.0 Å². The fourth-order valence-electron chi connectivity index (χ4n) is 3.80. The molecule has 0 unspecified atom stereocenters. The van der Waals surface area contributed by atoms with Gasteiger partial charge in [-0.3, -0.25) is 9.59 Å². The molecule has 0 bridgehead atoms. The lowest BCUT2D eigenvalue weighted by molar-refractivity contribution is -0.127. The molecule has 0 aliphatic carbocycles. The minimum absolute atomic E-state index is 0.0347. The van der Waals surface area contributed by atoms with Gasteiger partial charge in [0.05, 0.1) is 13.0 Å². The van der Waals surface area contributed by atoms with Crippen molar-refractivity contribution in [3.8, 4) is 5.75 Å². The Balaban J connectivity index is 1.82. The maximum absolute atomic E-state index is 13.2. The zero-order valence-corrected chi connectivity index (χ0v) is 17.4. The monoisotopic (exact) mass is 394 g/mol. The number of nitrogens with zero attached hydrogens (tertiary/aromatic N) is 1. The van der Waals surface area contributed by atoms with Crippen LogP contribution < -0.4 is 10.1 Å². The van der Waals surface area contributed by atoms with Crippen LogP contribution in [0.15, 0.2) is 54.6 Å². The molecule has 1 aliphatic rings. The number of ether oxygens (including phenoxy) is 1. The fourth-order valence-corrected chi connectivity index (χ4v) is 3.80. The third kappa shape index (κ3) is 5.17. The van der Waals surface area contributed by atoms with E-state index in [1.807, 2.05) is 30.0 Å². The Labute approximate surface area is 173 Å². The molecule has 154 valence electrons. The first-order valence-corrected chi connectivity index (χ1v) is 10.3. The van der Waals surface area contributed by atoms with E-state index < -0.39 is 0 Å². The number of rotatable bonds is 6. The minimum atomic E-state index is -0.217. The fraction of sp³-hybridized carbons (Fsp3) is 0.417. The van der Waals surface area contributed by atoms with E-state index in [-0.39, 0.29) is 29.7 Å². The second-order valence-electron chi connectivity index (χ2n) is 7.80. The van der Waals surface area contributed by atoms with Crippen LogP contribution in [0.25, 0.3) is 0 Å². The van der Waals surface area contributed by atoms with E-state index in [2.05, 4.69) is 24.4 Å². The Kier molecular flexibility index (Phi) is 6.91. The Bertz CT molecular complexity index is 820. The largest absolute Gasteiger partial charge is 0.497 e. The molecule has 29 heavy (non-hydrogen) atoms. The van der Waals surface area contributed by atoms with Crippen molar-refractivity contribution in [2.45, 2.75) is 38.6 Å². The lowest BCUT2D eigenvalue weighted by atomic mass is 9.83. The van der Waals surface area contributed by atoms with Crippen LogP contribution >= 0.6 is 0 Å². The van der Waals surface area contributed by atoms with Gasteiger partial charge in [-0.15, -0.1) is 0 Å². The topological polar surface area (TPSA) is 58.6 Å². The highest BCUT2D eigenvalue weighted by Gasteiger charge is 2.35. The van der Waals surface area contributed by atoms with Crippen LogP contribution in [0.5, 0.6) is 5.75 Å². The van der Waals surface area contributed by atoms with Gasteiger partial charge >= 0.3 is 0 Å². The number of amides is 2. The molecule has 1 saturated heterocycles. The summed E-state index contributed by atoms with van der Waals surface area (Å²) in [5.74, 6) is 0.625. The molecule has 3 atom stereocenters. The van der Waals surface area contributed by atoms with Crippen molar-refractivity contribution in [1.82, 2.24) is 10.2 Å². The van der Waals surface area contributed by atoms with Gasteiger partial charge in [-0.05, 0) is 49.6 Å². The van der Waals surface area contributed by atoms with Crippen molar-refractivity contribution in [2.24, 2.45) is 5.92 Å². The summed E-state index contributed by atoms with van der Waals surface area (Å²) in [7, 11) is 1.60. The summed E-state index contributed by atoms with van der Waals surface area (Å²) in [6.45, 7) is 5.12. The second-order valence-corrected chi connectivity index (χ2v) is 7.80. The molecule has 1 fully saturated rings. The molecule has 2 aromatic carbocycles. The highest BCUT2D eigenvalue weighted by molar-refractivity contribution is 5.95. The van der Waals surface area contributed by atoms with Gasteiger partial charge in [0.15, 0.2) is 0 Å². The molecule has 0 saturated carbocycles. The van der Waals surface area contributed by atoms with Gasteiger partial charge in [-0.1, -0.05) is 37.3 Å². The SMILES string of the molecule is CC[C@H](C)NC(=O)[C@@H]1C[C@H](c2ccccc2)CN(C(=O)c2ccc(OC)cc2)C1. The summed E-state index contributed by atoms with van der Waals surface area (Å²) in [5.41, 5.74) is 1.78. The minimum Gasteiger partial charge on any atom is -0.497 e. The molecule has 0 aromatic heterocycles. The molecule has 5 heteroatoms. The summed E-state index contributed by atoms with van der Waals surface area (Å²) < 4.78 is 5.19. The third-order valence-corrected chi connectivity index (χ3v) is 5.72. The van der Waals surface area contributed by atoms with Gasteiger partial charge in [-0.25, -0.2) is 0 Å². The number of piperidine rings is 1. The average Bonchev–Trinajstić information content (AvgIpc) is 2.78. The summed E-state index contributed by atoms with van der Waals surface area (Å²) in [5, 5.41) is 3.09. The predicted molar refractivity (Wildman–Crippen MR) is 114 cm³/mol. The molecule has 1 heterocycles. The summed E-state index contributed by atoms with van der Waals surface area (Å²) in [4.78, 5) is 27.9. The normalized spacial score (nSPS) is 20.0. The number of methoxy groups -OCH3 is 1. The van der Waals surface area contributed by atoms with E-state index >= 15 is 0 Å². The smallest absolute Gasteiger partial charge is 0.253 e. The number of carbonyl (C=O) groups excluding carboxylic acids is 2. The van der Waals surface area contributed by atoms with Crippen molar-refractivity contribution >= 4 is 11.8 Å². The van der Waals surface area contributed by atoms with Crippen LogP contribution in [0.4, 0.5) is 0 Å². The number of benzene rings is 2. The molecule has 2 aromatic rings. The lowest BCUT2D eigenvalue weighted by Crippen LogP contribution is -2.49. The second kappa shape index (κ2) is 9.59. The standard InChI is InChI=1S/C24H30N2O3/c1-4-17(2)25-23(27)21-14-20(18-8-6-5-7-9-18)15-26(16-21)24(28)19-10-12-22(29-3)13-11-19/h5-13,17,20-21H,4,14-16H2,1-3H3,(H,25,27)/t17-,20-,21+/m0/s1. The molecule has 1 aliphatic heterocycles. The number of hydrogen-bond acceptors (Lipinski definition) is 3. The summed E-state index contributed by atoms with van der Waals surface area (Å²) in [6.07, 6.45) is 1.63. The zero-order chi connectivity index (χ0) is 20.8. The van der Waals surface area contributed by atoms with E-state index in [0.717, 1.165) is 12.8 Å². The molecular formula is C24H30N2O3. The van der Waals surface area contributed by atoms with Crippen molar-refractivity contribution in [3.05, 3.63) is 65.7 Å². The summed E-state index contributed by atoms with van der Waals surface area (Å²) in [6, 6.07) is 17.4. The molecule has 2 amide bonds. The van der Waals surface area contributed by atoms with Crippen molar-refractivity contribution in [1.29, 1.82) is 0 Å². The maximum atomic E-state index is 13.2. The van der Waals surface area contributed by atoms with Crippen LogP contribution in [0.1, 0.15) is 48.5 Å². The Morgan fingerprint density at radius 1 is 1.10 bits per heavy atom. The van der Waals surface area contributed by atoms with Gasteiger partial charge in [-0.2, -0.15) is 0 Å². The number of nitrogens with one attached hydrogen (secondary N) is 1. The highest BCUT2D eigenvalue weighted by atomic mass is 16.5. The van der Waals surface area contributed by atoms with Crippen molar-refractivity contribution in [2.75, 3.05) is 20.2 Å². The van der Waals surface area contributed by atoms with Crippen molar-refractivity contribution < 1.29 is 14.3 Å². The van der Waals surface area contributed by atoms with E-state index in [9.17, 15) is 9.59 Å². The first-order valence-electron chi connectivity index (χ1n) is 10.3. The van der Waals surface area contributed by atoms with Crippen LogP contribution in [0.2, 0.25) is 0 Å². The molecule has 3 rings (SSSR count). The number of hydrogen-bond donors (Lipinski definition) is 1. The molecule has 1 N–H and O–H groups in total. The lowest BCUT2D eigenvalue weighted by Gasteiger charge is -2.38. The predicted octanol–water partition coefficient (Wildman–Crippen LogP) is 3.86.